The largest absolute Gasteiger partial charge is 0.444 e. The zero-order valence-electron chi connectivity index (χ0n) is 12.4. The number of nitrogens with zero attached hydrogens (tertiary/aromatic N) is 1. The maximum atomic E-state index is 11.4. The molecule has 0 fully saturated rings. The van der Waals surface area contributed by atoms with Gasteiger partial charge < -0.3 is 10.1 Å². The number of aryl methyl sites for hydroxylation is 1. The Morgan fingerprint density at radius 2 is 2.15 bits per heavy atom. The fourth-order valence-electron chi connectivity index (χ4n) is 1.53. The lowest BCUT2D eigenvalue weighted by Gasteiger charge is -2.19. The number of ether oxygens (including phenoxy) is 1. The molecule has 1 aromatic carbocycles. The number of hydrogen-bond acceptors (Lipinski definition) is 3. The monoisotopic (exact) mass is 272 g/mol. The van der Waals surface area contributed by atoms with Crippen molar-refractivity contribution in [1.29, 1.82) is 5.26 Å². The van der Waals surface area contributed by atoms with Gasteiger partial charge in [0.25, 0.3) is 0 Å². The molecule has 0 aromatic heterocycles. The smallest absolute Gasteiger partial charge is 0.407 e. The Morgan fingerprint density at radius 3 is 2.75 bits per heavy atom. The second kappa shape index (κ2) is 6.76. The summed E-state index contributed by atoms with van der Waals surface area (Å²) in [4.78, 5) is 11.4. The molecule has 1 rings (SSSR count). The van der Waals surface area contributed by atoms with E-state index in [1.807, 2.05) is 52.0 Å². The zero-order chi connectivity index (χ0) is 15.2. The van der Waals surface area contributed by atoms with E-state index in [2.05, 4.69) is 11.4 Å². The third-order valence-corrected chi connectivity index (χ3v) is 2.47. The predicted octanol–water partition coefficient (Wildman–Crippen LogP) is 3.40. The van der Waals surface area contributed by atoms with E-state index in [1.54, 1.807) is 6.07 Å². The number of nitrogens with one attached hydrogen (secondary N) is 1. The first kappa shape index (κ1) is 15.8. The Morgan fingerprint density at radius 1 is 1.45 bits per heavy atom. The van der Waals surface area contributed by atoms with Gasteiger partial charge in [-0.1, -0.05) is 18.2 Å². The van der Waals surface area contributed by atoms with Crippen LogP contribution in [0.4, 0.5) is 4.79 Å². The molecule has 4 nitrogen and oxygen atoms in total. The first-order valence-electron chi connectivity index (χ1n) is 6.46. The molecule has 20 heavy (non-hydrogen) atoms. The van der Waals surface area contributed by atoms with Crippen LogP contribution in [-0.2, 0) is 4.74 Å². The van der Waals surface area contributed by atoms with Gasteiger partial charge in [-0.25, -0.2) is 4.79 Å². The molecular weight excluding hydrogens is 252 g/mol. The minimum atomic E-state index is -0.495. The van der Waals surface area contributed by atoms with Crippen LogP contribution in [0.5, 0.6) is 0 Å². The molecule has 0 aliphatic carbocycles. The van der Waals surface area contributed by atoms with E-state index in [0.717, 1.165) is 11.1 Å². The molecular formula is C16H20N2O2. The Hall–Kier alpha value is -2.28. The van der Waals surface area contributed by atoms with Gasteiger partial charge in [-0.15, -0.1) is 0 Å². The van der Waals surface area contributed by atoms with Crippen LogP contribution in [-0.4, -0.2) is 18.2 Å². The van der Waals surface area contributed by atoms with Crippen molar-refractivity contribution in [2.45, 2.75) is 33.3 Å². The minimum Gasteiger partial charge on any atom is -0.444 e. The van der Waals surface area contributed by atoms with Crippen LogP contribution in [0.2, 0.25) is 0 Å². The van der Waals surface area contributed by atoms with Crippen molar-refractivity contribution in [3.8, 4) is 6.07 Å². The fraction of sp³-hybridized carbons (Fsp3) is 0.375. The summed E-state index contributed by atoms with van der Waals surface area (Å²) >= 11 is 0. The fourth-order valence-corrected chi connectivity index (χ4v) is 1.53. The van der Waals surface area contributed by atoms with E-state index in [0.29, 0.717) is 12.1 Å². The maximum Gasteiger partial charge on any atom is 0.407 e. The number of rotatable bonds is 3. The molecule has 0 saturated heterocycles. The molecule has 0 heterocycles. The molecule has 1 amide bonds. The van der Waals surface area contributed by atoms with Crippen molar-refractivity contribution >= 4 is 12.2 Å². The first-order valence-corrected chi connectivity index (χ1v) is 6.46. The highest BCUT2D eigenvalue weighted by molar-refractivity contribution is 5.68. The Bertz CT molecular complexity index is 549. The van der Waals surface area contributed by atoms with Crippen LogP contribution in [0.3, 0.4) is 0 Å². The molecule has 0 aliphatic rings. The van der Waals surface area contributed by atoms with Crippen molar-refractivity contribution in [1.82, 2.24) is 5.32 Å². The average molecular weight is 272 g/mol. The highest BCUT2D eigenvalue weighted by Gasteiger charge is 2.14. The van der Waals surface area contributed by atoms with Gasteiger partial charge in [0.1, 0.15) is 5.60 Å². The predicted molar refractivity (Wildman–Crippen MR) is 79.2 cm³/mol. The number of carbonyl (C=O) groups excluding carboxylic acids is 1. The van der Waals surface area contributed by atoms with Crippen LogP contribution in [0.15, 0.2) is 24.3 Å². The summed E-state index contributed by atoms with van der Waals surface area (Å²) < 4.78 is 5.12. The lowest BCUT2D eigenvalue weighted by Crippen LogP contribution is -2.32. The number of alkyl carbamates (subject to hydrolysis) is 1. The van der Waals surface area contributed by atoms with Gasteiger partial charge in [-0.3, -0.25) is 0 Å². The molecule has 1 aromatic rings. The van der Waals surface area contributed by atoms with E-state index in [9.17, 15) is 4.79 Å². The molecule has 0 spiro atoms. The number of nitriles is 1. The van der Waals surface area contributed by atoms with Gasteiger partial charge in [0.2, 0.25) is 0 Å². The second-order valence-corrected chi connectivity index (χ2v) is 5.47. The van der Waals surface area contributed by atoms with Crippen LogP contribution in [0.25, 0.3) is 6.08 Å². The molecule has 4 heteroatoms. The summed E-state index contributed by atoms with van der Waals surface area (Å²) in [5.41, 5.74) is 2.17. The van der Waals surface area contributed by atoms with Crippen LogP contribution < -0.4 is 5.32 Å². The standard InChI is InChI=1S/C16H20N2O2/c1-12-7-8-13(11-17)10-14(12)6-5-9-18-15(19)20-16(2,3)4/h5-8,10H,9H2,1-4H3,(H,18,19). The van der Waals surface area contributed by atoms with Crippen molar-refractivity contribution in [2.24, 2.45) is 0 Å². The summed E-state index contributed by atoms with van der Waals surface area (Å²) in [5, 5.41) is 11.5. The van der Waals surface area contributed by atoms with E-state index in [-0.39, 0.29) is 0 Å². The second-order valence-electron chi connectivity index (χ2n) is 5.47. The van der Waals surface area contributed by atoms with E-state index < -0.39 is 11.7 Å². The summed E-state index contributed by atoms with van der Waals surface area (Å²) in [6.07, 6.45) is 3.27. The Labute approximate surface area is 120 Å². The SMILES string of the molecule is Cc1ccc(C#N)cc1C=CCNC(=O)OC(C)(C)C. The molecule has 0 unspecified atom stereocenters. The number of amides is 1. The number of benzene rings is 1. The van der Waals surface area contributed by atoms with Crippen LogP contribution >= 0.6 is 0 Å². The highest BCUT2D eigenvalue weighted by atomic mass is 16.6. The van der Waals surface area contributed by atoms with Gasteiger partial charge in [0.05, 0.1) is 11.6 Å². The molecule has 0 bridgehead atoms. The lowest BCUT2D eigenvalue weighted by atomic mass is 10.1. The summed E-state index contributed by atoms with van der Waals surface area (Å²) in [6.45, 7) is 7.81. The van der Waals surface area contributed by atoms with E-state index in [1.165, 1.54) is 0 Å². The number of carbonyl (C=O) groups is 1. The number of hydrogen-bond donors (Lipinski definition) is 1. The molecule has 106 valence electrons. The first-order chi connectivity index (χ1) is 9.31. The minimum absolute atomic E-state index is 0.380. The summed E-state index contributed by atoms with van der Waals surface area (Å²) in [7, 11) is 0. The topological polar surface area (TPSA) is 62.1 Å². The van der Waals surface area contributed by atoms with Gasteiger partial charge >= 0.3 is 6.09 Å². The Balaban J connectivity index is 2.54. The Kier molecular flexibility index (Phi) is 5.33. The molecule has 0 atom stereocenters. The van der Waals surface area contributed by atoms with Gasteiger partial charge in [-0.05, 0) is 51.0 Å². The van der Waals surface area contributed by atoms with E-state index >= 15 is 0 Å². The quantitative estimate of drug-likeness (QED) is 0.917. The summed E-state index contributed by atoms with van der Waals surface area (Å²) in [5.74, 6) is 0. The lowest BCUT2D eigenvalue weighted by molar-refractivity contribution is 0.0534. The van der Waals surface area contributed by atoms with Gasteiger partial charge in [-0.2, -0.15) is 5.26 Å². The van der Waals surface area contributed by atoms with Gasteiger partial charge in [0.15, 0.2) is 0 Å². The van der Waals surface area contributed by atoms with E-state index in [4.69, 9.17) is 10.00 Å². The molecule has 0 aliphatic heterocycles. The third kappa shape index (κ3) is 5.57. The zero-order valence-corrected chi connectivity index (χ0v) is 12.4. The van der Waals surface area contributed by atoms with Crippen LogP contribution in [0.1, 0.15) is 37.5 Å². The van der Waals surface area contributed by atoms with Crippen molar-refractivity contribution in [2.75, 3.05) is 6.54 Å². The molecule has 1 N–H and O–H groups in total. The normalized spacial score (nSPS) is 11.2. The summed E-state index contributed by atoms with van der Waals surface area (Å²) in [6, 6.07) is 7.61. The van der Waals surface area contributed by atoms with Gasteiger partial charge in [0, 0.05) is 6.54 Å². The van der Waals surface area contributed by atoms with Crippen molar-refractivity contribution in [3.63, 3.8) is 0 Å². The third-order valence-electron chi connectivity index (χ3n) is 2.47. The highest BCUT2D eigenvalue weighted by Crippen LogP contribution is 2.12. The molecule has 0 radical (unpaired) electrons. The van der Waals surface area contributed by atoms with Crippen molar-refractivity contribution < 1.29 is 9.53 Å². The average Bonchev–Trinajstić information content (AvgIpc) is 2.34. The van der Waals surface area contributed by atoms with Crippen LogP contribution in [0, 0.1) is 18.3 Å². The van der Waals surface area contributed by atoms with Crippen molar-refractivity contribution in [3.05, 3.63) is 41.0 Å². The maximum absolute atomic E-state index is 11.4. The molecule has 0 saturated carbocycles.